The molecule has 2 aliphatic rings. The smallest absolute Gasteiger partial charge is 0.270 e. The van der Waals surface area contributed by atoms with Gasteiger partial charge in [-0.25, -0.2) is 4.99 Å². The lowest BCUT2D eigenvalue weighted by molar-refractivity contribution is -0.112. The Balaban J connectivity index is 2.02. The number of benzene rings is 1. The van der Waals surface area contributed by atoms with Crippen molar-refractivity contribution in [3.05, 3.63) is 40.4 Å². The maximum atomic E-state index is 11.2. The highest BCUT2D eigenvalue weighted by atomic mass is 16.1. The summed E-state index contributed by atoms with van der Waals surface area (Å²) >= 11 is 0. The van der Waals surface area contributed by atoms with Gasteiger partial charge in [-0.1, -0.05) is 19.1 Å². The minimum atomic E-state index is -0.156. The normalized spacial score (nSPS) is 22.1. The van der Waals surface area contributed by atoms with Gasteiger partial charge in [0, 0.05) is 23.5 Å². The first-order valence-electron chi connectivity index (χ1n) is 5.91. The van der Waals surface area contributed by atoms with Crippen LogP contribution in [-0.4, -0.2) is 12.5 Å². The largest absolute Gasteiger partial charge is 0.385 e. The average molecular weight is 226 g/mol. The fourth-order valence-electron chi connectivity index (χ4n) is 2.20. The predicted molar refractivity (Wildman–Crippen MR) is 66.5 cm³/mol. The molecule has 0 bridgehead atoms. The molecule has 1 N–H and O–H groups in total. The second kappa shape index (κ2) is 3.84. The lowest BCUT2D eigenvalue weighted by atomic mass is 10.00. The second-order valence-electron chi connectivity index (χ2n) is 4.71. The van der Waals surface area contributed by atoms with E-state index in [1.54, 1.807) is 6.08 Å². The quantitative estimate of drug-likeness (QED) is 0.761. The van der Waals surface area contributed by atoms with Crippen LogP contribution in [0.2, 0.25) is 0 Å². The molecule has 1 atom stereocenters. The van der Waals surface area contributed by atoms with Gasteiger partial charge in [0.2, 0.25) is 0 Å². The molecule has 0 aromatic heterocycles. The lowest BCUT2D eigenvalue weighted by Gasteiger charge is -2.20. The summed E-state index contributed by atoms with van der Waals surface area (Å²) in [6, 6.07) is 5.95. The number of carbonyl (C=O) groups excluding carboxylic acids is 1. The lowest BCUT2D eigenvalue weighted by Crippen LogP contribution is -2.26. The van der Waals surface area contributed by atoms with Crippen LogP contribution in [0.1, 0.15) is 18.9 Å². The molecule has 0 spiro atoms. The molecule has 1 aromatic rings. The third-order valence-corrected chi connectivity index (χ3v) is 3.21. The zero-order valence-corrected chi connectivity index (χ0v) is 9.73. The van der Waals surface area contributed by atoms with Gasteiger partial charge in [0.25, 0.3) is 5.91 Å². The van der Waals surface area contributed by atoms with Gasteiger partial charge < -0.3 is 5.32 Å². The molecule has 2 aliphatic heterocycles. The Bertz CT molecular complexity index is 628. The van der Waals surface area contributed by atoms with Gasteiger partial charge in [-0.05, 0) is 30.0 Å². The van der Waals surface area contributed by atoms with E-state index in [1.807, 2.05) is 18.2 Å². The second-order valence-corrected chi connectivity index (χ2v) is 4.71. The van der Waals surface area contributed by atoms with Gasteiger partial charge in [0.05, 0.1) is 5.36 Å². The molecule has 2 heterocycles. The number of amides is 1. The maximum Gasteiger partial charge on any atom is 0.270 e. The SMILES string of the molecule is CC1CC=C(c2ccc3c(c2)=CC(=O)N=3)NC1. The highest BCUT2D eigenvalue weighted by Gasteiger charge is 2.11. The molecule has 0 fully saturated rings. The number of rotatable bonds is 1. The van der Waals surface area contributed by atoms with Gasteiger partial charge >= 0.3 is 0 Å². The van der Waals surface area contributed by atoms with Crippen LogP contribution in [0.15, 0.2) is 29.3 Å². The van der Waals surface area contributed by atoms with Crippen LogP contribution in [-0.2, 0) is 4.79 Å². The fraction of sp³-hybridized carbons (Fsp3) is 0.286. The van der Waals surface area contributed by atoms with Crippen LogP contribution in [0.4, 0.5) is 0 Å². The first-order valence-corrected chi connectivity index (χ1v) is 5.91. The number of fused-ring (bicyclic) bond motifs is 1. The summed E-state index contributed by atoms with van der Waals surface area (Å²) in [7, 11) is 0. The fourth-order valence-corrected chi connectivity index (χ4v) is 2.20. The van der Waals surface area contributed by atoms with E-state index < -0.39 is 0 Å². The molecule has 1 aromatic carbocycles. The molecule has 3 nitrogen and oxygen atoms in total. The van der Waals surface area contributed by atoms with E-state index in [1.165, 1.54) is 5.70 Å². The first kappa shape index (κ1) is 10.3. The Morgan fingerprint density at radius 1 is 1.41 bits per heavy atom. The number of allylic oxidation sites excluding steroid dienone is 1. The zero-order chi connectivity index (χ0) is 11.8. The maximum absolute atomic E-state index is 11.2. The third-order valence-electron chi connectivity index (χ3n) is 3.21. The van der Waals surface area contributed by atoms with Crippen molar-refractivity contribution < 1.29 is 4.79 Å². The van der Waals surface area contributed by atoms with Crippen LogP contribution < -0.4 is 15.9 Å². The van der Waals surface area contributed by atoms with Crippen molar-refractivity contribution in [2.75, 3.05) is 6.54 Å². The molecule has 1 amide bonds. The standard InChI is InChI=1S/C14H14N2O/c1-9-2-4-12(15-8-9)10-3-5-13-11(6-10)7-14(17)16-13/h3-7,9,15H,2,8H2,1H3. The van der Waals surface area contributed by atoms with Crippen LogP contribution in [0.3, 0.4) is 0 Å². The zero-order valence-electron chi connectivity index (χ0n) is 9.73. The molecular formula is C14H14N2O. The van der Waals surface area contributed by atoms with Gasteiger partial charge in [-0.15, -0.1) is 0 Å². The van der Waals surface area contributed by atoms with E-state index in [9.17, 15) is 4.79 Å². The van der Waals surface area contributed by atoms with E-state index in [0.717, 1.165) is 29.1 Å². The summed E-state index contributed by atoms with van der Waals surface area (Å²) in [4.78, 5) is 15.1. The van der Waals surface area contributed by atoms with Crippen molar-refractivity contribution in [2.24, 2.45) is 10.9 Å². The monoisotopic (exact) mass is 226 g/mol. The minimum Gasteiger partial charge on any atom is -0.385 e. The highest BCUT2D eigenvalue weighted by molar-refractivity contribution is 6.06. The number of nitrogens with one attached hydrogen (secondary N) is 1. The Morgan fingerprint density at radius 3 is 3.06 bits per heavy atom. The van der Waals surface area contributed by atoms with Crippen LogP contribution >= 0.6 is 0 Å². The molecule has 0 saturated heterocycles. The summed E-state index contributed by atoms with van der Waals surface area (Å²) in [5.41, 5.74) is 2.30. The van der Waals surface area contributed by atoms with Crippen LogP contribution in [0.25, 0.3) is 11.8 Å². The number of nitrogens with zero attached hydrogens (tertiary/aromatic N) is 1. The van der Waals surface area contributed by atoms with E-state index >= 15 is 0 Å². The van der Waals surface area contributed by atoms with E-state index in [0.29, 0.717) is 5.92 Å². The topological polar surface area (TPSA) is 41.5 Å². The number of hydrogen-bond acceptors (Lipinski definition) is 2. The Kier molecular flexibility index (Phi) is 2.32. The van der Waals surface area contributed by atoms with E-state index in [2.05, 4.69) is 23.3 Å². The Labute approximate surface area is 99.6 Å². The molecular weight excluding hydrogens is 212 g/mol. The molecule has 0 saturated carbocycles. The van der Waals surface area contributed by atoms with Crippen molar-refractivity contribution in [1.82, 2.24) is 5.32 Å². The molecule has 0 aliphatic carbocycles. The van der Waals surface area contributed by atoms with Gasteiger partial charge in [-0.3, -0.25) is 4.79 Å². The summed E-state index contributed by atoms with van der Waals surface area (Å²) in [5, 5.41) is 5.13. The number of carbonyl (C=O) groups is 1. The Hall–Kier alpha value is -1.90. The van der Waals surface area contributed by atoms with Gasteiger partial charge in [-0.2, -0.15) is 0 Å². The van der Waals surface area contributed by atoms with Crippen LogP contribution in [0.5, 0.6) is 0 Å². The van der Waals surface area contributed by atoms with E-state index in [4.69, 9.17) is 0 Å². The van der Waals surface area contributed by atoms with Crippen molar-refractivity contribution in [3.63, 3.8) is 0 Å². The van der Waals surface area contributed by atoms with Gasteiger partial charge in [0.1, 0.15) is 0 Å². The van der Waals surface area contributed by atoms with Crippen molar-refractivity contribution in [1.29, 1.82) is 0 Å². The van der Waals surface area contributed by atoms with E-state index in [-0.39, 0.29) is 5.91 Å². The predicted octanol–water partition coefficient (Wildman–Crippen LogP) is 0.597. The van der Waals surface area contributed by atoms with Gasteiger partial charge in [0.15, 0.2) is 0 Å². The van der Waals surface area contributed by atoms with Crippen molar-refractivity contribution in [2.45, 2.75) is 13.3 Å². The molecule has 17 heavy (non-hydrogen) atoms. The molecule has 86 valence electrons. The van der Waals surface area contributed by atoms with Crippen molar-refractivity contribution in [3.8, 4) is 0 Å². The molecule has 3 heteroatoms. The summed E-state index contributed by atoms with van der Waals surface area (Å²) < 4.78 is 0. The number of hydrogen-bond donors (Lipinski definition) is 1. The summed E-state index contributed by atoms with van der Waals surface area (Å²) in [5.74, 6) is 0.535. The molecule has 1 unspecified atom stereocenters. The van der Waals surface area contributed by atoms with Crippen molar-refractivity contribution >= 4 is 17.7 Å². The summed E-state index contributed by atoms with van der Waals surface area (Å²) in [6.45, 7) is 3.24. The Morgan fingerprint density at radius 2 is 2.29 bits per heavy atom. The minimum absolute atomic E-state index is 0.156. The molecule has 0 radical (unpaired) electrons. The summed E-state index contributed by atoms with van der Waals surface area (Å²) in [6.07, 6.45) is 4.92. The first-order chi connectivity index (χ1) is 8.22. The molecule has 3 rings (SSSR count). The highest BCUT2D eigenvalue weighted by Crippen LogP contribution is 2.17. The average Bonchev–Trinajstić information content (AvgIpc) is 2.69. The van der Waals surface area contributed by atoms with Crippen LogP contribution in [0, 0.1) is 5.92 Å². The third kappa shape index (κ3) is 1.88.